The van der Waals surface area contributed by atoms with E-state index in [0.717, 1.165) is 11.1 Å². The molecule has 0 bridgehead atoms. The summed E-state index contributed by atoms with van der Waals surface area (Å²) in [7, 11) is 0. The van der Waals surface area contributed by atoms with Gasteiger partial charge in [-0.25, -0.2) is 4.21 Å². The maximum atomic E-state index is 11.9. The molecule has 3 heteroatoms. The third-order valence-electron chi connectivity index (χ3n) is 2.41. The van der Waals surface area contributed by atoms with Crippen LogP contribution in [0.25, 0.3) is 0 Å². The molecule has 0 spiro atoms. The van der Waals surface area contributed by atoms with Crippen LogP contribution in [0.5, 0.6) is 5.75 Å². The highest BCUT2D eigenvalue weighted by Gasteiger charge is 2.05. The summed E-state index contributed by atoms with van der Waals surface area (Å²) in [4.78, 5) is 0.677. The minimum atomic E-state index is -1.45. The molecule has 0 saturated heterocycles. The topological polar surface area (TPSA) is 26.3 Å². The first-order chi connectivity index (χ1) is 8.15. The van der Waals surface area contributed by atoms with Crippen molar-refractivity contribution in [2.24, 2.45) is 0 Å². The monoisotopic (exact) mass is 246 g/mol. The molecular weight excluding hydrogens is 232 g/mol. The highest BCUT2D eigenvalue weighted by atomic mass is 32.2. The first-order valence-electron chi connectivity index (χ1n) is 5.38. The van der Waals surface area contributed by atoms with Gasteiger partial charge in [0.15, 0.2) is 0 Å². The van der Waals surface area contributed by atoms with Gasteiger partial charge in [0.1, 0.15) is 5.75 Å². The molecule has 1 unspecified atom stereocenters. The molecule has 0 aliphatic carbocycles. The molecule has 2 rings (SSSR count). The lowest BCUT2D eigenvalue weighted by atomic mass is 10.2. The van der Waals surface area contributed by atoms with Crippen LogP contribution >= 0.6 is 0 Å². The Labute approximate surface area is 104 Å². The van der Waals surface area contributed by atoms with Crippen molar-refractivity contribution in [3.63, 3.8) is 0 Å². The third kappa shape index (κ3) is 3.17. The van der Waals surface area contributed by atoms with Crippen molar-refractivity contribution < 1.29 is 8.39 Å². The zero-order chi connectivity index (χ0) is 12.3. The average Bonchev–Trinajstić information content (AvgIpc) is 2.33. The summed E-state index contributed by atoms with van der Waals surface area (Å²) in [6.07, 6.45) is 0. The molecule has 88 valence electrons. The Bertz CT molecular complexity index is 515. The lowest BCUT2D eigenvalue weighted by molar-refractivity contribution is 0.562. The minimum Gasteiger partial charge on any atom is -0.397 e. The van der Waals surface area contributed by atoms with Gasteiger partial charge < -0.3 is 4.18 Å². The van der Waals surface area contributed by atoms with Crippen LogP contribution in [0.1, 0.15) is 11.1 Å². The second-order valence-electron chi connectivity index (χ2n) is 3.94. The van der Waals surface area contributed by atoms with Crippen LogP contribution in [-0.2, 0) is 11.1 Å². The smallest absolute Gasteiger partial charge is 0.240 e. The second kappa shape index (κ2) is 5.15. The first-order valence-corrected chi connectivity index (χ1v) is 6.46. The molecule has 17 heavy (non-hydrogen) atoms. The number of benzene rings is 2. The molecule has 0 radical (unpaired) electrons. The van der Waals surface area contributed by atoms with Gasteiger partial charge in [-0.15, -0.1) is 0 Å². The molecule has 0 heterocycles. The van der Waals surface area contributed by atoms with E-state index in [-0.39, 0.29) is 0 Å². The Morgan fingerprint density at radius 2 is 1.29 bits per heavy atom. The van der Waals surface area contributed by atoms with Crippen LogP contribution < -0.4 is 4.18 Å². The minimum absolute atomic E-state index is 0.620. The Morgan fingerprint density at radius 3 is 1.82 bits per heavy atom. The molecule has 1 atom stereocenters. The van der Waals surface area contributed by atoms with E-state index in [4.69, 9.17) is 4.18 Å². The van der Waals surface area contributed by atoms with Crippen LogP contribution in [0.2, 0.25) is 0 Å². The molecule has 0 amide bonds. The van der Waals surface area contributed by atoms with Gasteiger partial charge in [0, 0.05) is 0 Å². The van der Waals surface area contributed by atoms with Gasteiger partial charge in [-0.05, 0) is 38.1 Å². The molecule has 0 aliphatic heterocycles. The summed E-state index contributed by atoms with van der Waals surface area (Å²) in [5, 5.41) is 0. The fourth-order valence-electron chi connectivity index (χ4n) is 1.38. The first kappa shape index (κ1) is 11.9. The Hall–Kier alpha value is -1.61. The van der Waals surface area contributed by atoms with E-state index in [0.29, 0.717) is 10.6 Å². The highest BCUT2D eigenvalue weighted by molar-refractivity contribution is 7.80. The van der Waals surface area contributed by atoms with Crippen LogP contribution in [-0.4, -0.2) is 4.21 Å². The van der Waals surface area contributed by atoms with Crippen LogP contribution in [0.15, 0.2) is 53.4 Å². The Balaban J connectivity index is 2.11. The summed E-state index contributed by atoms with van der Waals surface area (Å²) in [5.74, 6) is 0.620. The number of rotatable bonds is 3. The number of hydrogen-bond donors (Lipinski definition) is 0. The van der Waals surface area contributed by atoms with Gasteiger partial charge >= 0.3 is 0 Å². The largest absolute Gasteiger partial charge is 0.397 e. The Morgan fingerprint density at radius 1 is 0.824 bits per heavy atom. The van der Waals surface area contributed by atoms with Gasteiger partial charge in [-0.3, -0.25) is 0 Å². The molecule has 2 aromatic rings. The zero-order valence-electron chi connectivity index (χ0n) is 9.84. The average molecular weight is 246 g/mol. The van der Waals surface area contributed by atoms with Crippen molar-refractivity contribution >= 4 is 11.1 Å². The summed E-state index contributed by atoms with van der Waals surface area (Å²) in [5.41, 5.74) is 2.29. The van der Waals surface area contributed by atoms with Gasteiger partial charge in [-0.1, -0.05) is 35.4 Å². The maximum Gasteiger partial charge on any atom is 0.240 e. The second-order valence-corrected chi connectivity index (χ2v) is 5.05. The highest BCUT2D eigenvalue weighted by Crippen LogP contribution is 2.16. The van der Waals surface area contributed by atoms with E-state index in [9.17, 15) is 4.21 Å². The Kier molecular flexibility index (Phi) is 3.59. The molecule has 0 N–H and O–H groups in total. The number of aryl methyl sites for hydroxylation is 2. The van der Waals surface area contributed by atoms with Crippen LogP contribution in [0.3, 0.4) is 0 Å². The van der Waals surface area contributed by atoms with Crippen molar-refractivity contribution in [1.82, 2.24) is 0 Å². The molecule has 0 aromatic heterocycles. The predicted molar refractivity (Wildman–Crippen MR) is 69.4 cm³/mol. The maximum absolute atomic E-state index is 11.9. The van der Waals surface area contributed by atoms with Crippen LogP contribution in [0.4, 0.5) is 0 Å². The molecule has 0 fully saturated rings. The fraction of sp³-hybridized carbons (Fsp3) is 0.143. The summed E-state index contributed by atoms with van der Waals surface area (Å²) >= 11 is -1.45. The molecule has 0 saturated carbocycles. The molecule has 2 aromatic carbocycles. The lowest BCUT2D eigenvalue weighted by Gasteiger charge is -2.05. The van der Waals surface area contributed by atoms with E-state index >= 15 is 0 Å². The predicted octanol–water partition coefficient (Wildman–Crippen LogP) is 3.41. The fourth-order valence-corrected chi connectivity index (χ4v) is 2.12. The van der Waals surface area contributed by atoms with Crippen LogP contribution in [0, 0.1) is 13.8 Å². The quantitative estimate of drug-likeness (QED) is 0.829. The standard InChI is InChI=1S/C14H14O2S/c1-11-3-7-13(8-4-11)16-17(15)14-9-5-12(2)6-10-14/h3-10H,1-2H3. The van der Waals surface area contributed by atoms with Gasteiger partial charge in [0.05, 0.1) is 4.90 Å². The van der Waals surface area contributed by atoms with E-state index in [2.05, 4.69) is 0 Å². The summed E-state index contributed by atoms with van der Waals surface area (Å²) in [6.45, 7) is 3.99. The van der Waals surface area contributed by atoms with Crippen molar-refractivity contribution in [2.75, 3.05) is 0 Å². The lowest BCUT2D eigenvalue weighted by Crippen LogP contribution is -2.00. The zero-order valence-corrected chi connectivity index (χ0v) is 10.7. The van der Waals surface area contributed by atoms with Crippen molar-refractivity contribution in [3.8, 4) is 5.75 Å². The van der Waals surface area contributed by atoms with E-state index < -0.39 is 11.1 Å². The van der Waals surface area contributed by atoms with Crippen molar-refractivity contribution in [2.45, 2.75) is 18.7 Å². The SMILES string of the molecule is Cc1ccc(OS(=O)c2ccc(C)cc2)cc1. The van der Waals surface area contributed by atoms with Gasteiger partial charge in [0.2, 0.25) is 11.1 Å². The van der Waals surface area contributed by atoms with E-state index in [1.54, 1.807) is 0 Å². The van der Waals surface area contributed by atoms with Gasteiger partial charge in [0.25, 0.3) is 0 Å². The molecule has 0 aliphatic rings. The van der Waals surface area contributed by atoms with E-state index in [1.807, 2.05) is 62.4 Å². The van der Waals surface area contributed by atoms with Gasteiger partial charge in [-0.2, -0.15) is 0 Å². The summed E-state index contributed by atoms with van der Waals surface area (Å²) in [6, 6.07) is 15.0. The van der Waals surface area contributed by atoms with Crippen molar-refractivity contribution in [3.05, 3.63) is 59.7 Å². The summed E-state index contributed by atoms with van der Waals surface area (Å²) < 4.78 is 17.3. The third-order valence-corrected chi connectivity index (χ3v) is 3.41. The normalized spacial score (nSPS) is 12.1. The number of hydrogen-bond acceptors (Lipinski definition) is 2. The van der Waals surface area contributed by atoms with E-state index in [1.165, 1.54) is 0 Å². The van der Waals surface area contributed by atoms with Crippen molar-refractivity contribution in [1.29, 1.82) is 0 Å². The molecular formula is C14H14O2S. The molecule has 2 nitrogen and oxygen atoms in total.